The number of benzene rings is 2. The molecule has 0 bridgehead atoms. The van der Waals surface area contributed by atoms with Gasteiger partial charge in [0.1, 0.15) is 5.75 Å². The van der Waals surface area contributed by atoms with Gasteiger partial charge < -0.3 is 15.8 Å². The predicted octanol–water partition coefficient (Wildman–Crippen LogP) is 2.68. The van der Waals surface area contributed by atoms with Crippen LogP contribution in [0, 0.1) is 29.1 Å². The number of halogens is 5. The highest BCUT2D eigenvalue weighted by atomic mass is 32.2. The third-order valence-corrected chi connectivity index (χ3v) is 4.55. The maximum Gasteiger partial charge on any atom is 0.316 e. The van der Waals surface area contributed by atoms with Gasteiger partial charge in [-0.2, -0.15) is 0 Å². The molecule has 146 valence electrons. The Morgan fingerprint density at radius 2 is 1.48 bits per heavy atom. The molecule has 0 atom stereocenters. The fourth-order valence-corrected chi connectivity index (χ4v) is 3.21. The summed E-state index contributed by atoms with van der Waals surface area (Å²) in [6.07, 6.45) is 0. The van der Waals surface area contributed by atoms with Crippen LogP contribution in [0.1, 0.15) is 0 Å². The second-order valence-corrected chi connectivity index (χ2v) is 6.52. The first-order valence-electron chi connectivity index (χ1n) is 6.78. The highest BCUT2D eigenvalue weighted by Gasteiger charge is 2.34. The number of carbonyl (C=O) groups excluding carboxylic acids is 1. The van der Waals surface area contributed by atoms with Crippen molar-refractivity contribution in [1.82, 2.24) is 0 Å². The largest absolute Gasteiger partial charge is 0.497 e. The van der Waals surface area contributed by atoms with Crippen molar-refractivity contribution in [2.75, 3.05) is 17.1 Å². The molecule has 27 heavy (non-hydrogen) atoms. The molecule has 2 aromatic carbocycles. The number of hydrogen-bond acceptors (Lipinski definition) is 4. The maximum atomic E-state index is 13.8. The smallest absolute Gasteiger partial charge is 0.316 e. The average molecular weight is 411 g/mol. The summed E-state index contributed by atoms with van der Waals surface area (Å²) in [6, 6.07) is 2.18. The minimum Gasteiger partial charge on any atom is -0.497 e. The van der Waals surface area contributed by atoms with Crippen molar-refractivity contribution in [3.63, 3.8) is 0 Å². The van der Waals surface area contributed by atoms with E-state index in [1.807, 2.05) is 5.32 Å². The van der Waals surface area contributed by atoms with Crippen molar-refractivity contribution >= 4 is 27.4 Å². The number of rotatable bonds is 5. The Labute approximate surface area is 149 Å². The van der Waals surface area contributed by atoms with E-state index in [4.69, 9.17) is 10.5 Å². The van der Waals surface area contributed by atoms with E-state index < -0.39 is 55.7 Å². The number of methoxy groups -OCH3 is 1. The lowest BCUT2D eigenvalue weighted by molar-refractivity contribution is 0.259. The van der Waals surface area contributed by atoms with Gasteiger partial charge in [-0.15, -0.1) is 0 Å². The number of hydrogen-bond donors (Lipinski definition) is 3. The molecule has 0 heterocycles. The first-order chi connectivity index (χ1) is 12.5. The van der Waals surface area contributed by atoms with Gasteiger partial charge in [0.2, 0.25) is 5.82 Å². The summed E-state index contributed by atoms with van der Waals surface area (Å²) in [6.45, 7) is 0. The lowest BCUT2D eigenvalue weighted by Crippen LogP contribution is -2.23. The van der Waals surface area contributed by atoms with Crippen LogP contribution in [0.3, 0.4) is 0 Å². The Kier molecular flexibility index (Phi) is 5.44. The monoisotopic (exact) mass is 411 g/mol. The molecule has 4 N–H and O–H groups in total. The van der Waals surface area contributed by atoms with Crippen LogP contribution in [0.5, 0.6) is 5.75 Å². The molecule has 0 spiro atoms. The molecule has 7 nitrogen and oxygen atoms in total. The summed E-state index contributed by atoms with van der Waals surface area (Å²) in [5.41, 5.74) is 4.16. The van der Waals surface area contributed by atoms with Crippen LogP contribution < -0.4 is 20.5 Å². The van der Waals surface area contributed by atoms with Gasteiger partial charge in [-0.3, -0.25) is 4.72 Å². The molecule has 0 aromatic heterocycles. The summed E-state index contributed by atoms with van der Waals surface area (Å²) < 4.78 is 98.1. The number of anilines is 2. The molecule has 2 amide bonds. The van der Waals surface area contributed by atoms with Crippen LogP contribution in [0.4, 0.5) is 38.1 Å². The van der Waals surface area contributed by atoms with Gasteiger partial charge >= 0.3 is 6.03 Å². The molecular weight excluding hydrogens is 401 g/mol. The Morgan fingerprint density at radius 1 is 0.963 bits per heavy atom. The Balaban J connectivity index is 2.60. The summed E-state index contributed by atoms with van der Waals surface area (Å²) in [5, 5.41) is 2.02. The van der Waals surface area contributed by atoms with E-state index in [1.54, 1.807) is 4.72 Å². The molecule has 0 aliphatic heterocycles. The standard InChI is InChI=1S/C14H10F5N3O4S/c1-26-5-2-3-6(7(4-5)21-14(20)23)22-27(24,25)13-11(18)9(16)8(15)10(17)12(13)19/h2-4,22H,1H3,(H3,20,21,23). The fourth-order valence-electron chi connectivity index (χ4n) is 1.99. The number of nitrogens with one attached hydrogen (secondary N) is 2. The van der Waals surface area contributed by atoms with Crippen molar-refractivity contribution in [3.05, 3.63) is 47.3 Å². The van der Waals surface area contributed by atoms with Gasteiger partial charge in [-0.25, -0.2) is 35.2 Å². The van der Waals surface area contributed by atoms with Crippen molar-refractivity contribution in [1.29, 1.82) is 0 Å². The van der Waals surface area contributed by atoms with Gasteiger partial charge in [0.05, 0.1) is 18.5 Å². The highest BCUT2D eigenvalue weighted by molar-refractivity contribution is 7.92. The Morgan fingerprint density at radius 3 is 1.96 bits per heavy atom. The molecule has 0 aliphatic rings. The van der Waals surface area contributed by atoms with Gasteiger partial charge in [-0.1, -0.05) is 0 Å². The van der Waals surface area contributed by atoms with Crippen molar-refractivity contribution in [2.24, 2.45) is 5.73 Å². The molecule has 0 aliphatic carbocycles. The van der Waals surface area contributed by atoms with E-state index >= 15 is 0 Å². The first kappa shape index (κ1) is 20.2. The lowest BCUT2D eigenvalue weighted by Gasteiger charge is -2.15. The number of nitrogens with two attached hydrogens (primary N) is 1. The topological polar surface area (TPSA) is 111 Å². The summed E-state index contributed by atoms with van der Waals surface area (Å²) in [4.78, 5) is 8.94. The molecule has 13 heteroatoms. The van der Waals surface area contributed by atoms with E-state index in [0.29, 0.717) is 0 Å². The van der Waals surface area contributed by atoms with E-state index in [-0.39, 0.29) is 11.4 Å². The van der Waals surface area contributed by atoms with E-state index in [9.17, 15) is 35.2 Å². The second kappa shape index (κ2) is 7.26. The molecule has 0 saturated carbocycles. The van der Waals surface area contributed by atoms with Gasteiger partial charge in [0.15, 0.2) is 28.2 Å². The van der Waals surface area contributed by atoms with Crippen LogP contribution in [-0.4, -0.2) is 21.6 Å². The normalized spacial score (nSPS) is 11.2. The van der Waals surface area contributed by atoms with Crippen LogP contribution in [0.2, 0.25) is 0 Å². The van der Waals surface area contributed by atoms with Gasteiger partial charge in [-0.05, 0) is 12.1 Å². The Hall–Kier alpha value is -3.09. The quantitative estimate of drug-likeness (QED) is 0.399. The lowest BCUT2D eigenvalue weighted by atomic mass is 10.2. The second-order valence-electron chi connectivity index (χ2n) is 4.91. The summed E-state index contributed by atoms with van der Waals surface area (Å²) >= 11 is 0. The predicted molar refractivity (Wildman–Crippen MR) is 83.2 cm³/mol. The molecule has 0 saturated heterocycles. The highest BCUT2D eigenvalue weighted by Crippen LogP contribution is 2.32. The number of carbonyl (C=O) groups is 1. The van der Waals surface area contributed by atoms with Crippen molar-refractivity contribution in [2.45, 2.75) is 4.90 Å². The molecule has 0 unspecified atom stereocenters. The van der Waals surface area contributed by atoms with Crippen molar-refractivity contribution in [3.8, 4) is 5.75 Å². The maximum absolute atomic E-state index is 13.8. The summed E-state index contributed by atoms with van der Waals surface area (Å²) in [5.74, 6) is -12.3. The molecular formula is C14H10F5N3O4S. The van der Waals surface area contributed by atoms with Gasteiger partial charge in [0, 0.05) is 6.07 Å². The van der Waals surface area contributed by atoms with E-state index in [2.05, 4.69) is 0 Å². The van der Waals surface area contributed by atoms with Crippen LogP contribution >= 0.6 is 0 Å². The zero-order valence-corrected chi connectivity index (χ0v) is 14.1. The van der Waals surface area contributed by atoms with E-state index in [0.717, 1.165) is 12.1 Å². The third-order valence-electron chi connectivity index (χ3n) is 3.17. The zero-order valence-electron chi connectivity index (χ0n) is 13.2. The minimum atomic E-state index is -5.29. The van der Waals surface area contributed by atoms with Gasteiger partial charge in [0.25, 0.3) is 10.0 Å². The summed E-state index contributed by atoms with van der Waals surface area (Å²) in [7, 11) is -4.04. The number of primary amides is 1. The minimum absolute atomic E-state index is 0.137. The van der Waals surface area contributed by atoms with Crippen LogP contribution in [0.15, 0.2) is 23.1 Å². The van der Waals surface area contributed by atoms with Crippen LogP contribution in [-0.2, 0) is 10.0 Å². The van der Waals surface area contributed by atoms with Crippen molar-refractivity contribution < 1.29 is 39.9 Å². The first-order valence-corrected chi connectivity index (χ1v) is 8.26. The number of ether oxygens (including phenoxy) is 1. The van der Waals surface area contributed by atoms with Crippen LogP contribution in [0.25, 0.3) is 0 Å². The molecule has 2 aromatic rings. The molecule has 0 fully saturated rings. The Bertz CT molecular complexity index is 1000. The number of amides is 2. The molecule has 0 radical (unpaired) electrons. The SMILES string of the molecule is COc1ccc(NS(=O)(=O)c2c(F)c(F)c(F)c(F)c2F)c(NC(N)=O)c1. The third kappa shape index (κ3) is 3.86. The number of urea groups is 1. The number of sulfonamides is 1. The van der Waals surface area contributed by atoms with E-state index in [1.165, 1.54) is 13.2 Å². The average Bonchev–Trinajstić information content (AvgIpc) is 2.59. The zero-order chi connectivity index (χ0) is 20.5. The fraction of sp³-hybridized carbons (Fsp3) is 0.0714. The molecule has 2 rings (SSSR count).